The van der Waals surface area contributed by atoms with Crippen LogP contribution in [-0.2, 0) is 16.1 Å². The molecule has 0 saturated heterocycles. The lowest BCUT2D eigenvalue weighted by molar-refractivity contribution is -0.124. The zero-order valence-electron chi connectivity index (χ0n) is 12.1. The van der Waals surface area contributed by atoms with Crippen LogP contribution < -0.4 is 5.32 Å². The Morgan fingerprint density at radius 3 is 2.50 bits per heavy atom. The van der Waals surface area contributed by atoms with Gasteiger partial charge in [0.05, 0.1) is 5.56 Å². The lowest BCUT2D eigenvalue weighted by Gasteiger charge is -2.08. The zero-order chi connectivity index (χ0) is 17.7. The van der Waals surface area contributed by atoms with Gasteiger partial charge in [0.2, 0.25) is 0 Å². The molecule has 1 N–H and O–H groups in total. The van der Waals surface area contributed by atoms with E-state index in [1.54, 1.807) is 12.1 Å². The number of nitrogens with one attached hydrogen (secondary N) is 1. The van der Waals surface area contributed by atoms with Crippen LogP contribution in [0.25, 0.3) is 0 Å². The summed E-state index contributed by atoms with van der Waals surface area (Å²) < 4.78 is 30.9. The Kier molecular flexibility index (Phi) is 6.11. The smallest absolute Gasteiger partial charge is 0.341 e. The number of carbonyl (C=O) groups is 2. The Balaban J connectivity index is 1.85. The Bertz CT molecular complexity index is 784. The molecule has 0 heterocycles. The molecule has 4 nitrogen and oxygen atoms in total. The number of carbonyl (C=O) groups excluding carboxylic acids is 2. The van der Waals surface area contributed by atoms with Crippen molar-refractivity contribution in [3.8, 4) is 0 Å². The van der Waals surface area contributed by atoms with E-state index in [2.05, 4.69) is 10.1 Å². The molecule has 0 atom stereocenters. The number of ether oxygens (including phenoxy) is 1. The van der Waals surface area contributed by atoms with Crippen LogP contribution in [0.3, 0.4) is 0 Å². The van der Waals surface area contributed by atoms with Crippen LogP contribution in [0, 0.1) is 11.6 Å². The fraction of sp³-hybridized carbons (Fsp3) is 0.125. The first-order chi connectivity index (χ1) is 11.4. The van der Waals surface area contributed by atoms with E-state index in [-0.39, 0.29) is 6.54 Å². The lowest BCUT2D eigenvalue weighted by atomic mass is 10.2. The van der Waals surface area contributed by atoms with Gasteiger partial charge in [0.15, 0.2) is 6.61 Å². The van der Waals surface area contributed by atoms with Gasteiger partial charge in [0, 0.05) is 22.7 Å². The van der Waals surface area contributed by atoms with Gasteiger partial charge < -0.3 is 10.1 Å². The molecule has 0 saturated carbocycles. The van der Waals surface area contributed by atoms with Crippen LogP contribution >= 0.6 is 23.2 Å². The first kappa shape index (κ1) is 18.2. The number of halogens is 4. The van der Waals surface area contributed by atoms with Crippen LogP contribution in [0.1, 0.15) is 15.9 Å². The molecule has 2 rings (SSSR count). The van der Waals surface area contributed by atoms with Crippen molar-refractivity contribution in [2.24, 2.45) is 0 Å². The molecular weight excluding hydrogens is 363 g/mol. The van der Waals surface area contributed by atoms with E-state index in [0.717, 1.165) is 12.1 Å². The summed E-state index contributed by atoms with van der Waals surface area (Å²) in [6.07, 6.45) is 0. The Labute approximate surface area is 146 Å². The quantitative estimate of drug-likeness (QED) is 0.812. The molecule has 0 bridgehead atoms. The van der Waals surface area contributed by atoms with E-state index >= 15 is 0 Å². The molecule has 2 aromatic carbocycles. The van der Waals surface area contributed by atoms with Crippen molar-refractivity contribution in [1.82, 2.24) is 5.32 Å². The van der Waals surface area contributed by atoms with E-state index < -0.39 is 35.7 Å². The minimum Gasteiger partial charge on any atom is -0.452 e. The second kappa shape index (κ2) is 8.08. The van der Waals surface area contributed by atoms with E-state index in [4.69, 9.17) is 23.2 Å². The molecule has 126 valence electrons. The highest BCUT2D eigenvalue weighted by Gasteiger charge is 2.15. The van der Waals surface area contributed by atoms with Crippen LogP contribution in [-0.4, -0.2) is 18.5 Å². The Hall–Kier alpha value is -2.18. The van der Waals surface area contributed by atoms with Crippen molar-refractivity contribution >= 4 is 35.1 Å². The van der Waals surface area contributed by atoms with E-state index in [1.807, 2.05) is 0 Å². The lowest BCUT2D eigenvalue weighted by Crippen LogP contribution is -2.28. The normalized spacial score (nSPS) is 10.3. The van der Waals surface area contributed by atoms with E-state index in [9.17, 15) is 18.4 Å². The number of benzene rings is 2. The molecule has 0 aromatic heterocycles. The number of esters is 1. The summed E-state index contributed by atoms with van der Waals surface area (Å²) in [6.45, 7) is -0.502. The molecule has 1 amide bonds. The van der Waals surface area contributed by atoms with Crippen molar-refractivity contribution < 1.29 is 23.1 Å². The minimum atomic E-state index is -1.06. The largest absolute Gasteiger partial charge is 0.452 e. The van der Waals surface area contributed by atoms with Gasteiger partial charge in [-0.25, -0.2) is 13.6 Å². The topological polar surface area (TPSA) is 55.4 Å². The van der Waals surface area contributed by atoms with Crippen molar-refractivity contribution in [3.63, 3.8) is 0 Å². The predicted octanol–water partition coefficient (Wildman–Crippen LogP) is 3.74. The van der Waals surface area contributed by atoms with Crippen molar-refractivity contribution in [1.29, 1.82) is 0 Å². The maximum absolute atomic E-state index is 13.4. The molecule has 24 heavy (non-hydrogen) atoms. The average Bonchev–Trinajstić information content (AvgIpc) is 2.51. The zero-order valence-corrected chi connectivity index (χ0v) is 13.6. The summed E-state index contributed by atoms with van der Waals surface area (Å²) in [6, 6.07) is 7.21. The third-order valence-corrected chi connectivity index (χ3v) is 3.56. The number of rotatable bonds is 5. The van der Waals surface area contributed by atoms with Gasteiger partial charge in [-0.1, -0.05) is 29.3 Å². The van der Waals surface area contributed by atoms with Crippen molar-refractivity contribution in [2.45, 2.75) is 6.54 Å². The fourth-order valence-electron chi connectivity index (χ4n) is 1.77. The predicted molar refractivity (Wildman–Crippen MR) is 84.9 cm³/mol. The fourth-order valence-corrected chi connectivity index (χ4v) is 2.25. The standard InChI is InChI=1S/C16H11Cl2F2NO3/c17-10-2-1-9(13(18)5-10)7-21-15(22)8-24-16(23)12-4-3-11(19)6-14(12)20/h1-6H,7-8H2,(H,21,22). The summed E-state index contributed by atoms with van der Waals surface area (Å²) in [5.41, 5.74) is 0.176. The van der Waals surface area contributed by atoms with Crippen molar-refractivity contribution in [2.75, 3.05) is 6.61 Å². The molecule has 0 aliphatic heterocycles. The molecule has 0 spiro atoms. The Morgan fingerprint density at radius 1 is 1.08 bits per heavy atom. The molecule has 0 aliphatic carbocycles. The van der Waals surface area contributed by atoms with Crippen LogP contribution in [0.4, 0.5) is 8.78 Å². The summed E-state index contributed by atoms with van der Waals surface area (Å²) >= 11 is 11.7. The average molecular weight is 374 g/mol. The summed E-state index contributed by atoms with van der Waals surface area (Å²) in [4.78, 5) is 23.3. The van der Waals surface area contributed by atoms with Gasteiger partial charge in [0.1, 0.15) is 11.6 Å². The molecule has 0 radical (unpaired) electrons. The van der Waals surface area contributed by atoms with Gasteiger partial charge in [0.25, 0.3) is 5.91 Å². The highest BCUT2D eigenvalue weighted by Crippen LogP contribution is 2.20. The highest BCUT2D eigenvalue weighted by molar-refractivity contribution is 6.35. The summed E-state index contributed by atoms with van der Waals surface area (Å²) in [7, 11) is 0. The van der Waals surface area contributed by atoms with Gasteiger partial charge in [-0.05, 0) is 29.8 Å². The first-order valence-electron chi connectivity index (χ1n) is 6.69. The molecule has 0 unspecified atom stereocenters. The van der Waals surface area contributed by atoms with Gasteiger partial charge in [-0.3, -0.25) is 4.79 Å². The SMILES string of the molecule is O=C(COC(=O)c1ccc(F)cc1F)NCc1ccc(Cl)cc1Cl. The number of amides is 1. The molecule has 2 aromatic rings. The van der Waals surface area contributed by atoms with Crippen LogP contribution in [0.2, 0.25) is 10.0 Å². The summed E-state index contributed by atoms with van der Waals surface area (Å²) in [5.74, 6) is -3.54. The van der Waals surface area contributed by atoms with Gasteiger partial charge in [-0.2, -0.15) is 0 Å². The molecular formula is C16H11Cl2F2NO3. The molecule has 0 fully saturated rings. The second-order valence-electron chi connectivity index (χ2n) is 4.71. The summed E-state index contributed by atoms with van der Waals surface area (Å²) in [5, 5.41) is 3.34. The molecule has 8 heteroatoms. The van der Waals surface area contributed by atoms with E-state index in [0.29, 0.717) is 21.7 Å². The number of hydrogen-bond acceptors (Lipinski definition) is 3. The Morgan fingerprint density at radius 2 is 1.83 bits per heavy atom. The van der Waals surface area contributed by atoms with Crippen LogP contribution in [0.5, 0.6) is 0 Å². The van der Waals surface area contributed by atoms with Gasteiger partial charge >= 0.3 is 5.97 Å². The second-order valence-corrected chi connectivity index (χ2v) is 5.56. The minimum absolute atomic E-state index is 0.108. The third-order valence-electron chi connectivity index (χ3n) is 2.98. The first-order valence-corrected chi connectivity index (χ1v) is 7.45. The maximum atomic E-state index is 13.4. The van der Waals surface area contributed by atoms with E-state index in [1.165, 1.54) is 6.07 Å². The molecule has 0 aliphatic rings. The number of hydrogen-bond donors (Lipinski definition) is 1. The van der Waals surface area contributed by atoms with Crippen molar-refractivity contribution in [3.05, 3.63) is 69.2 Å². The van der Waals surface area contributed by atoms with Crippen LogP contribution in [0.15, 0.2) is 36.4 Å². The van der Waals surface area contributed by atoms with Gasteiger partial charge in [-0.15, -0.1) is 0 Å². The highest BCUT2D eigenvalue weighted by atomic mass is 35.5. The maximum Gasteiger partial charge on any atom is 0.341 e. The monoisotopic (exact) mass is 373 g/mol. The third kappa shape index (κ3) is 4.91.